The van der Waals surface area contributed by atoms with Gasteiger partial charge in [0.1, 0.15) is 5.60 Å². The highest BCUT2D eigenvalue weighted by Gasteiger charge is 2.24. The third-order valence-corrected chi connectivity index (χ3v) is 1.94. The van der Waals surface area contributed by atoms with Gasteiger partial charge in [0, 0.05) is 11.8 Å². The maximum atomic E-state index is 12.4. The van der Waals surface area contributed by atoms with E-state index in [4.69, 9.17) is 4.74 Å². The number of nitrogens with one attached hydrogen (secondary N) is 1. The summed E-state index contributed by atoms with van der Waals surface area (Å²) in [7, 11) is 0. The SMILES string of the molecule is CC(C)(C)OC(=O)N(Cc1cn[nH]c1)CC(F)F. The molecular formula is C11H17F2N3O2. The molecule has 102 valence electrons. The van der Waals surface area contributed by atoms with Crippen molar-refractivity contribution in [2.45, 2.75) is 39.3 Å². The van der Waals surface area contributed by atoms with Crippen LogP contribution in [0.25, 0.3) is 0 Å². The lowest BCUT2D eigenvalue weighted by molar-refractivity contribution is 0.00818. The summed E-state index contributed by atoms with van der Waals surface area (Å²) in [4.78, 5) is 12.7. The normalized spacial score (nSPS) is 11.7. The minimum Gasteiger partial charge on any atom is -0.444 e. The number of hydrogen-bond donors (Lipinski definition) is 1. The number of aromatic nitrogens is 2. The van der Waals surface area contributed by atoms with Gasteiger partial charge < -0.3 is 4.74 Å². The van der Waals surface area contributed by atoms with Crippen molar-refractivity contribution < 1.29 is 18.3 Å². The minimum absolute atomic E-state index is 0.0375. The van der Waals surface area contributed by atoms with Crippen LogP contribution < -0.4 is 0 Å². The molecule has 1 rings (SSSR count). The van der Waals surface area contributed by atoms with Crippen LogP contribution in [0.3, 0.4) is 0 Å². The second-order valence-corrected chi connectivity index (χ2v) is 4.86. The Morgan fingerprint density at radius 1 is 1.56 bits per heavy atom. The molecule has 0 unspecified atom stereocenters. The molecule has 1 heterocycles. The van der Waals surface area contributed by atoms with Gasteiger partial charge >= 0.3 is 6.09 Å². The van der Waals surface area contributed by atoms with Crippen LogP contribution in [-0.2, 0) is 11.3 Å². The van der Waals surface area contributed by atoms with Crippen LogP contribution in [0, 0.1) is 0 Å². The molecule has 0 saturated heterocycles. The van der Waals surface area contributed by atoms with Gasteiger partial charge in [0.2, 0.25) is 0 Å². The van der Waals surface area contributed by atoms with Crippen molar-refractivity contribution in [2.75, 3.05) is 6.54 Å². The molecule has 0 aromatic carbocycles. The summed E-state index contributed by atoms with van der Waals surface area (Å²) in [6.07, 6.45) is -0.348. The topological polar surface area (TPSA) is 58.2 Å². The van der Waals surface area contributed by atoms with Gasteiger partial charge in [-0.2, -0.15) is 5.10 Å². The van der Waals surface area contributed by atoms with Gasteiger partial charge in [-0.3, -0.25) is 10.00 Å². The highest BCUT2D eigenvalue weighted by atomic mass is 19.3. The zero-order valence-electron chi connectivity index (χ0n) is 10.6. The largest absolute Gasteiger partial charge is 0.444 e. The first-order valence-corrected chi connectivity index (χ1v) is 5.51. The third kappa shape index (κ3) is 5.11. The quantitative estimate of drug-likeness (QED) is 0.905. The maximum absolute atomic E-state index is 12.4. The van der Waals surface area contributed by atoms with Crippen molar-refractivity contribution in [1.29, 1.82) is 0 Å². The van der Waals surface area contributed by atoms with Gasteiger partial charge in [-0.1, -0.05) is 0 Å². The van der Waals surface area contributed by atoms with E-state index in [-0.39, 0.29) is 6.54 Å². The lowest BCUT2D eigenvalue weighted by atomic mass is 10.2. The number of aromatic amines is 1. The molecule has 0 aliphatic carbocycles. The summed E-state index contributed by atoms with van der Waals surface area (Å²) < 4.78 is 29.9. The molecule has 0 spiro atoms. The maximum Gasteiger partial charge on any atom is 0.410 e. The number of alkyl halides is 2. The molecule has 1 aromatic rings. The van der Waals surface area contributed by atoms with E-state index >= 15 is 0 Å². The van der Waals surface area contributed by atoms with E-state index in [2.05, 4.69) is 10.2 Å². The van der Waals surface area contributed by atoms with Crippen LogP contribution in [0.2, 0.25) is 0 Å². The summed E-state index contributed by atoms with van der Waals surface area (Å²) in [5, 5.41) is 6.26. The fraction of sp³-hybridized carbons (Fsp3) is 0.636. The summed E-state index contributed by atoms with van der Waals surface area (Å²) in [5.74, 6) is 0. The van der Waals surface area contributed by atoms with Crippen LogP contribution in [0.4, 0.5) is 13.6 Å². The van der Waals surface area contributed by atoms with Crippen molar-refractivity contribution >= 4 is 6.09 Å². The Morgan fingerprint density at radius 2 is 2.22 bits per heavy atom. The van der Waals surface area contributed by atoms with Crippen LogP contribution in [0.15, 0.2) is 12.4 Å². The second-order valence-electron chi connectivity index (χ2n) is 4.86. The number of H-pyrrole nitrogens is 1. The summed E-state index contributed by atoms with van der Waals surface area (Å²) >= 11 is 0. The van der Waals surface area contributed by atoms with E-state index in [1.54, 1.807) is 27.0 Å². The zero-order chi connectivity index (χ0) is 13.8. The molecule has 1 amide bonds. The molecule has 1 N–H and O–H groups in total. The smallest absolute Gasteiger partial charge is 0.410 e. The standard InChI is InChI=1S/C11H17F2N3O2/c1-11(2,3)18-10(17)16(7-9(12)13)6-8-4-14-15-5-8/h4-5,9H,6-7H2,1-3H3,(H,14,15). The van der Waals surface area contributed by atoms with Crippen LogP contribution >= 0.6 is 0 Å². The lowest BCUT2D eigenvalue weighted by Crippen LogP contribution is -2.39. The van der Waals surface area contributed by atoms with Gasteiger partial charge in [0.05, 0.1) is 19.3 Å². The van der Waals surface area contributed by atoms with Gasteiger partial charge in [0.15, 0.2) is 0 Å². The van der Waals surface area contributed by atoms with Crippen molar-refractivity contribution in [1.82, 2.24) is 15.1 Å². The number of nitrogens with zero attached hydrogens (tertiary/aromatic N) is 2. The molecule has 0 fully saturated rings. The second kappa shape index (κ2) is 5.79. The number of hydrogen-bond acceptors (Lipinski definition) is 3. The van der Waals surface area contributed by atoms with Gasteiger partial charge in [-0.25, -0.2) is 13.6 Å². The average Bonchev–Trinajstić information content (AvgIpc) is 2.65. The minimum atomic E-state index is -2.61. The Kier molecular flexibility index (Phi) is 4.63. The monoisotopic (exact) mass is 261 g/mol. The highest BCUT2D eigenvalue weighted by molar-refractivity contribution is 5.68. The van der Waals surface area contributed by atoms with E-state index in [9.17, 15) is 13.6 Å². The van der Waals surface area contributed by atoms with E-state index in [1.807, 2.05) is 0 Å². The predicted molar refractivity (Wildman–Crippen MR) is 61.2 cm³/mol. The Morgan fingerprint density at radius 3 is 2.67 bits per heavy atom. The molecule has 1 aromatic heterocycles. The Bertz CT molecular complexity index is 374. The number of amides is 1. The Balaban J connectivity index is 2.68. The average molecular weight is 261 g/mol. The highest BCUT2D eigenvalue weighted by Crippen LogP contribution is 2.13. The molecule has 5 nitrogen and oxygen atoms in total. The fourth-order valence-electron chi connectivity index (χ4n) is 1.28. The fourth-order valence-corrected chi connectivity index (χ4v) is 1.28. The van der Waals surface area contributed by atoms with E-state index in [1.165, 1.54) is 6.20 Å². The molecule has 0 saturated carbocycles. The number of carbonyl (C=O) groups is 1. The van der Waals surface area contributed by atoms with Crippen molar-refractivity contribution in [3.8, 4) is 0 Å². The van der Waals surface area contributed by atoms with E-state index in [0.717, 1.165) is 4.90 Å². The van der Waals surface area contributed by atoms with Crippen molar-refractivity contribution in [3.05, 3.63) is 18.0 Å². The van der Waals surface area contributed by atoms with Crippen molar-refractivity contribution in [2.24, 2.45) is 0 Å². The Labute approximate surface area is 104 Å². The molecule has 0 radical (unpaired) electrons. The zero-order valence-corrected chi connectivity index (χ0v) is 10.6. The van der Waals surface area contributed by atoms with E-state index in [0.29, 0.717) is 5.56 Å². The molecule has 0 aliphatic heterocycles. The van der Waals surface area contributed by atoms with Crippen LogP contribution in [0.1, 0.15) is 26.3 Å². The summed E-state index contributed by atoms with van der Waals surface area (Å²) in [5.41, 5.74) is -0.0741. The number of carbonyl (C=O) groups excluding carboxylic acids is 1. The van der Waals surface area contributed by atoms with Crippen LogP contribution in [0.5, 0.6) is 0 Å². The predicted octanol–water partition coefficient (Wildman–Crippen LogP) is 2.41. The first-order chi connectivity index (χ1) is 8.28. The van der Waals surface area contributed by atoms with Crippen molar-refractivity contribution in [3.63, 3.8) is 0 Å². The number of halogens is 2. The molecule has 0 aliphatic rings. The molecule has 0 atom stereocenters. The van der Waals surface area contributed by atoms with Crippen LogP contribution in [-0.4, -0.2) is 39.8 Å². The summed E-state index contributed by atoms with van der Waals surface area (Å²) in [6.45, 7) is 4.42. The molecule has 0 bridgehead atoms. The first kappa shape index (κ1) is 14.4. The number of rotatable bonds is 4. The number of ether oxygens (including phenoxy) is 1. The molecule has 7 heteroatoms. The van der Waals surface area contributed by atoms with Gasteiger partial charge in [-0.05, 0) is 20.8 Å². The third-order valence-electron chi connectivity index (χ3n) is 1.94. The lowest BCUT2D eigenvalue weighted by Gasteiger charge is -2.26. The van der Waals surface area contributed by atoms with E-state index < -0.39 is 24.7 Å². The van der Waals surface area contributed by atoms with Gasteiger partial charge in [0.25, 0.3) is 6.43 Å². The molecular weight excluding hydrogens is 244 g/mol. The molecule has 18 heavy (non-hydrogen) atoms. The Hall–Kier alpha value is -1.66. The first-order valence-electron chi connectivity index (χ1n) is 5.51. The summed E-state index contributed by atoms with van der Waals surface area (Å²) in [6, 6.07) is 0. The van der Waals surface area contributed by atoms with Gasteiger partial charge in [-0.15, -0.1) is 0 Å².